The summed E-state index contributed by atoms with van der Waals surface area (Å²) in [6.45, 7) is 4.46. The van der Waals surface area contributed by atoms with E-state index in [0.29, 0.717) is 95.7 Å². The zero-order valence-electron chi connectivity index (χ0n) is 21.6. The molecule has 38 heavy (non-hydrogen) atoms. The minimum Gasteiger partial charge on any atom is -0.487 e. The Labute approximate surface area is 224 Å². The summed E-state index contributed by atoms with van der Waals surface area (Å²) < 4.78 is 47.0. The van der Waals surface area contributed by atoms with E-state index in [2.05, 4.69) is 0 Å². The molecule has 1 unspecified atom stereocenters. The maximum absolute atomic E-state index is 6.05. The van der Waals surface area contributed by atoms with Crippen molar-refractivity contribution in [1.29, 1.82) is 0 Å². The molecule has 8 heteroatoms. The number of benzene rings is 3. The van der Waals surface area contributed by atoms with Crippen LogP contribution in [0.5, 0.6) is 23.0 Å². The van der Waals surface area contributed by atoms with Crippen molar-refractivity contribution < 1.29 is 37.9 Å². The summed E-state index contributed by atoms with van der Waals surface area (Å²) >= 11 is 0. The van der Waals surface area contributed by atoms with Crippen molar-refractivity contribution in [2.24, 2.45) is 0 Å². The maximum atomic E-state index is 6.05. The first-order chi connectivity index (χ1) is 18.9. The third-order valence-electron chi connectivity index (χ3n) is 5.57. The second kappa shape index (κ2) is 16.5. The molecule has 0 saturated heterocycles. The van der Waals surface area contributed by atoms with Crippen molar-refractivity contribution in [3.05, 3.63) is 84.4 Å². The summed E-state index contributed by atoms with van der Waals surface area (Å²) in [6.07, 6.45) is -0.254. The van der Waals surface area contributed by atoms with Gasteiger partial charge in [0.05, 0.1) is 46.2 Å². The molecule has 0 aromatic heterocycles. The third kappa shape index (κ3) is 9.87. The van der Waals surface area contributed by atoms with Crippen LogP contribution >= 0.6 is 0 Å². The SMILES string of the molecule is c1ccc(COCC2COCCOc3ccccc3OCCOCCOc3ccccc3OCCO2)cc1. The highest BCUT2D eigenvalue weighted by molar-refractivity contribution is 5.40. The Balaban J connectivity index is 1.34. The summed E-state index contributed by atoms with van der Waals surface area (Å²) in [7, 11) is 0. The van der Waals surface area contributed by atoms with Crippen LogP contribution in [-0.4, -0.2) is 72.2 Å². The monoisotopic (exact) mass is 524 g/mol. The molecule has 204 valence electrons. The summed E-state index contributed by atoms with van der Waals surface area (Å²) in [5.74, 6) is 2.65. The molecule has 3 aromatic carbocycles. The van der Waals surface area contributed by atoms with Gasteiger partial charge in [-0.05, 0) is 29.8 Å². The molecule has 1 heterocycles. The van der Waals surface area contributed by atoms with Crippen LogP contribution in [0.1, 0.15) is 5.56 Å². The Bertz CT molecular complexity index is 1050. The molecule has 0 saturated carbocycles. The molecule has 8 nitrogen and oxygen atoms in total. The van der Waals surface area contributed by atoms with E-state index >= 15 is 0 Å². The van der Waals surface area contributed by atoms with Crippen LogP contribution < -0.4 is 18.9 Å². The van der Waals surface area contributed by atoms with Crippen LogP contribution in [0.25, 0.3) is 0 Å². The number of ether oxygens (including phenoxy) is 8. The molecule has 1 aliphatic rings. The maximum Gasteiger partial charge on any atom is 0.161 e. The minimum absolute atomic E-state index is 0.254. The molecule has 0 radical (unpaired) electrons. The number of hydrogen-bond acceptors (Lipinski definition) is 8. The van der Waals surface area contributed by atoms with Crippen molar-refractivity contribution in [3.63, 3.8) is 0 Å². The van der Waals surface area contributed by atoms with E-state index in [1.807, 2.05) is 78.9 Å². The zero-order valence-corrected chi connectivity index (χ0v) is 21.6. The largest absolute Gasteiger partial charge is 0.487 e. The fourth-order valence-corrected chi connectivity index (χ4v) is 3.72. The van der Waals surface area contributed by atoms with Gasteiger partial charge in [-0.25, -0.2) is 0 Å². The van der Waals surface area contributed by atoms with Crippen LogP contribution in [0, 0.1) is 0 Å². The van der Waals surface area contributed by atoms with Gasteiger partial charge in [-0.1, -0.05) is 54.6 Å². The average Bonchev–Trinajstić information content (AvgIpc) is 2.95. The number of fused-ring (bicyclic) bond motifs is 2. The van der Waals surface area contributed by atoms with Gasteiger partial charge < -0.3 is 37.9 Å². The molecule has 0 fully saturated rings. The van der Waals surface area contributed by atoms with Crippen molar-refractivity contribution >= 4 is 0 Å². The van der Waals surface area contributed by atoms with E-state index in [0.717, 1.165) is 5.56 Å². The predicted octanol–water partition coefficient (Wildman–Crippen LogP) is 4.55. The number of rotatable bonds is 4. The lowest BCUT2D eigenvalue weighted by molar-refractivity contribution is -0.0711. The molecule has 3 aromatic rings. The lowest BCUT2D eigenvalue weighted by Crippen LogP contribution is -2.28. The van der Waals surface area contributed by atoms with Crippen LogP contribution in [0.2, 0.25) is 0 Å². The van der Waals surface area contributed by atoms with Gasteiger partial charge >= 0.3 is 0 Å². The van der Waals surface area contributed by atoms with E-state index in [-0.39, 0.29) is 6.10 Å². The molecule has 0 spiro atoms. The topological polar surface area (TPSA) is 73.8 Å². The Morgan fingerprint density at radius 2 is 1.00 bits per heavy atom. The third-order valence-corrected chi connectivity index (χ3v) is 5.57. The molecular weight excluding hydrogens is 488 g/mol. The Kier molecular flexibility index (Phi) is 12.1. The van der Waals surface area contributed by atoms with Crippen molar-refractivity contribution in [2.75, 3.05) is 66.1 Å². The van der Waals surface area contributed by atoms with E-state index in [1.54, 1.807) is 0 Å². The second-order valence-electron chi connectivity index (χ2n) is 8.47. The molecule has 4 rings (SSSR count). The Morgan fingerprint density at radius 1 is 0.526 bits per heavy atom. The van der Waals surface area contributed by atoms with Gasteiger partial charge in [-0.2, -0.15) is 0 Å². The van der Waals surface area contributed by atoms with Gasteiger partial charge in [0.1, 0.15) is 32.5 Å². The van der Waals surface area contributed by atoms with E-state index in [4.69, 9.17) is 37.9 Å². The highest BCUT2D eigenvalue weighted by Gasteiger charge is 2.12. The second-order valence-corrected chi connectivity index (χ2v) is 8.47. The molecule has 0 bridgehead atoms. The number of para-hydroxylation sites is 4. The normalized spacial score (nSPS) is 18.2. The standard InChI is InChI=1S/C30H36O8/c1-2-8-25(9-3-1)22-33-24-26-23-32-16-19-37-28-11-5-4-10-27(28)35-17-14-31-15-18-36-29-12-6-7-13-30(29)38-21-20-34-26/h1-13,26H,14-24H2. The van der Waals surface area contributed by atoms with Crippen LogP contribution in [0.15, 0.2) is 78.9 Å². The lowest BCUT2D eigenvalue weighted by Gasteiger charge is -2.19. The first-order valence-electron chi connectivity index (χ1n) is 13.0. The molecule has 0 amide bonds. The lowest BCUT2D eigenvalue weighted by atomic mass is 10.2. The molecule has 0 N–H and O–H groups in total. The first kappa shape index (κ1) is 27.7. The number of hydrogen-bond donors (Lipinski definition) is 0. The molecular formula is C30H36O8. The van der Waals surface area contributed by atoms with Gasteiger partial charge in [0.2, 0.25) is 0 Å². The Morgan fingerprint density at radius 3 is 1.55 bits per heavy atom. The van der Waals surface area contributed by atoms with E-state index in [1.165, 1.54) is 0 Å². The van der Waals surface area contributed by atoms with E-state index < -0.39 is 0 Å². The van der Waals surface area contributed by atoms with Crippen molar-refractivity contribution in [2.45, 2.75) is 12.7 Å². The summed E-state index contributed by atoms with van der Waals surface area (Å²) in [5, 5.41) is 0. The highest BCUT2D eigenvalue weighted by Crippen LogP contribution is 2.27. The predicted molar refractivity (Wildman–Crippen MR) is 142 cm³/mol. The van der Waals surface area contributed by atoms with Crippen LogP contribution in [0.3, 0.4) is 0 Å². The van der Waals surface area contributed by atoms with Crippen molar-refractivity contribution in [3.8, 4) is 23.0 Å². The molecule has 1 aliphatic heterocycles. The minimum atomic E-state index is -0.254. The van der Waals surface area contributed by atoms with Gasteiger partial charge in [0.15, 0.2) is 23.0 Å². The fraction of sp³-hybridized carbons (Fsp3) is 0.400. The molecule has 1 atom stereocenters. The summed E-state index contributed by atoms with van der Waals surface area (Å²) in [4.78, 5) is 0. The van der Waals surface area contributed by atoms with Crippen molar-refractivity contribution in [1.82, 2.24) is 0 Å². The van der Waals surface area contributed by atoms with Gasteiger partial charge in [-0.3, -0.25) is 0 Å². The highest BCUT2D eigenvalue weighted by atomic mass is 16.6. The summed E-state index contributed by atoms with van der Waals surface area (Å²) in [6, 6.07) is 25.2. The van der Waals surface area contributed by atoms with Gasteiger partial charge in [-0.15, -0.1) is 0 Å². The average molecular weight is 525 g/mol. The smallest absolute Gasteiger partial charge is 0.161 e. The van der Waals surface area contributed by atoms with E-state index in [9.17, 15) is 0 Å². The van der Waals surface area contributed by atoms with Gasteiger partial charge in [0.25, 0.3) is 0 Å². The molecule has 0 aliphatic carbocycles. The van der Waals surface area contributed by atoms with Gasteiger partial charge in [0, 0.05) is 0 Å². The Hall–Kier alpha value is -3.30. The van der Waals surface area contributed by atoms with Crippen LogP contribution in [0.4, 0.5) is 0 Å². The first-order valence-corrected chi connectivity index (χ1v) is 13.0. The fourth-order valence-electron chi connectivity index (χ4n) is 3.72. The summed E-state index contributed by atoms with van der Waals surface area (Å²) in [5.41, 5.74) is 1.11. The zero-order chi connectivity index (χ0) is 26.1. The van der Waals surface area contributed by atoms with Crippen LogP contribution in [-0.2, 0) is 25.6 Å². The quantitative estimate of drug-likeness (QED) is 0.492.